The van der Waals surface area contributed by atoms with Crippen molar-refractivity contribution in [1.29, 1.82) is 0 Å². The van der Waals surface area contributed by atoms with Crippen molar-refractivity contribution in [1.82, 2.24) is 4.90 Å². The van der Waals surface area contributed by atoms with Crippen LogP contribution in [0.5, 0.6) is 0 Å². The Morgan fingerprint density at radius 2 is 2.00 bits per heavy atom. The Balaban J connectivity index is 2.46. The maximum atomic E-state index is 10.4. The zero-order valence-corrected chi connectivity index (χ0v) is 11.4. The summed E-state index contributed by atoms with van der Waals surface area (Å²) in [5.41, 5.74) is 2.44. The highest BCUT2D eigenvalue weighted by Gasteiger charge is 2.03. The molecule has 0 aliphatic carbocycles. The van der Waals surface area contributed by atoms with Gasteiger partial charge in [-0.3, -0.25) is 4.79 Å². The summed E-state index contributed by atoms with van der Waals surface area (Å²) in [6.45, 7) is 1.65. The molecule has 0 atom stereocenters. The molecule has 0 spiro atoms. The van der Waals surface area contributed by atoms with Crippen LogP contribution in [0.25, 0.3) is 0 Å². The van der Waals surface area contributed by atoms with Crippen LogP contribution in [0.15, 0.2) is 24.3 Å². The minimum atomic E-state index is -0.724. The first-order valence-electron chi connectivity index (χ1n) is 6.15. The lowest BCUT2D eigenvalue weighted by atomic mass is 10.2. The Kier molecular flexibility index (Phi) is 5.65. The lowest BCUT2D eigenvalue weighted by Gasteiger charge is -2.18. The van der Waals surface area contributed by atoms with Gasteiger partial charge in [-0.1, -0.05) is 12.1 Å². The summed E-state index contributed by atoms with van der Waals surface area (Å²) in [5.74, 6) is -0.724. The number of hydrogen-bond donors (Lipinski definition) is 1. The van der Waals surface area contributed by atoms with Crippen LogP contribution in [-0.4, -0.2) is 43.7 Å². The van der Waals surface area contributed by atoms with E-state index in [2.05, 4.69) is 34.1 Å². The summed E-state index contributed by atoms with van der Waals surface area (Å²) in [7, 11) is 6.07. The van der Waals surface area contributed by atoms with Crippen LogP contribution in [0.4, 0.5) is 5.69 Å². The van der Waals surface area contributed by atoms with Crippen LogP contribution in [0, 0.1) is 0 Å². The highest BCUT2D eigenvalue weighted by Crippen LogP contribution is 2.14. The van der Waals surface area contributed by atoms with E-state index in [-0.39, 0.29) is 6.42 Å². The smallest absolute Gasteiger partial charge is 0.303 e. The lowest BCUT2D eigenvalue weighted by molar-refractivity contribution is -0.137. The molecule has 1 rings (SSSR count). The normalized spacial score (nSPS) is 10.7. The average molecular weight is 250 g/mol. The molecule has 0 heterocycles. The molecule has 0 aliphatic rings. The van der Waals surface area contributed by atoms with E-state index < -0.39 is 5.97 Å². The SMILES string of the molecule is CN(CCCC(=O)O)Cc1cccc(N(C)C)c1. The van der Waals surface area contributed by atoms with Gasteiger partial charge in [-0.25, -0.2) is 0 Å². The van der Waals surface area contributed by atoms with Crippen molar-refractivity contribution in [2.45, 2.75) is 19.4 Å². The number of benzene rings is 1. The van der Waals surface area contributed by atoms with E-state index in [4.69, 9.17) is 5.11 Å². The molecule has 0 aliphatic heterocycles. The van der Waals surface area contributed by atoms with Gasteiger partial charge in [0.15, 0.2) is 0 Å². The van der Waals surface area contributed by atoms with Gasteiger partial charge in [-0.2, -0.15) is 0 Å². The number of aliphatic carboxylic acids is 1. The van der Waals surface area contributed by atoms with Crippen LogP contribution >= 0.6 is 0 Å². The Bertz CT molecular complexity index is 391. The van der Waals surface area contributed by atoms with Gasteiger partial charge < -0.3 is 14.9 Å². The zero-order valence-electron chi connectivity index (χ0n) is 11.4. The third-order valence-electron chi connectivity index (χ3n) is 2.81. The van der Waals surface area contributed by atoms with Crippen molar-refractivity contribution in [3.05, 3.63) is 29.8 Å². The maximum absolute atomic E-state index is 10.4. The van der Waals surface area contributed by atoms with Crippen molar-refractivity contribution in [2.24, 2.45) is 0 Å². The van der Waals surface area contributed by atoms with Crippen LogP contribution in [0.2, 0.25) is 0 Å². The summed E-state index contributed by atoms with van der Waals surface area (Å²) in [6, 6.07) is 8.39. The third kappa shape index (κ3) is 5.19. The molecule has 0 bridgehead atoms. The quantitative estimate of drug-likeness (QED) is 0.804. The largest absolute Gasteiger partial charge is 0.481 e. The van der Waals surface area contributed by atoms with Gasteiger partial charge in [0.2, 0.25) is 0 Å². The lowest BCUT2D eigenvalue weighted by Crippen LogP contribution is -2.20. The van der Waals surface area contributed by atoms with Crippen molar-refractivity contribution >= 4 is 11.7 Å². The van der Waals surface area contributed by atoms with Crippen molar-refractivity contribution < 1.29 is 9.90 Å². The van der Waals surface area contributed by atoms with Gasteiger partial charge >= 0.3 is 5.97 Å². The molecule has 0 saturated heterocycles. The maximum Gasteiger partial charge on any atom is 0.303 e. The fourth-order valence-corrected chi connectivity index (χ4v) is 1.82. The number of carbonyl (C=O) groups is 1. The Morgan fingerprint density at radius 1 is 1.28 bits per heavy atom. The van der Waals surface area contributed by atoms with E-state index in [1.807, 2.05) is 21.1 Å². The molecule has 1 aromatic rings. The topological polar surface area (TPSA) is 43.8 Å². The molecule has 0 fully saturated rings. The number of carboxylic acids is 1. The monoisotopic (exact) mass is 250 g/mol. The van der Waals surface area contributed by atoms with Crippen LogP contribution in [0.1, 0.15) is 18.4 Å². The summed E-state index contributed by atoms with van der Waals surface area (Å²) < 4.78 is 0. The van der Waals surface area contributed by atoms with Gasteiger partial charge in [0.25, 0.3) is 0 Å². The molecule has 18 heavy (non-hydrogen) atoms. The molecule has 0 saturated carbocycles. The van der Waals surface area contributed by atoms with Gasteiger partial charge in [0.05, 0.1) is 0 Å². The van der Waals surface area contributed by atoms with Gasteiger partial charge in [-0.15, -0.1) is 0 Å². The molecule has 1 N–H and O–H groups in total. The minimum absolute atomic E-state index is 0.238. The number of hydrogen-bond acceptors (Lipinski definition) is 3. The molecule has 0 amide bonds. The van der Waals surface area contributed by atoms with Gasteiger partial charge in [0.1, 0.15) is 0 Å². The number of carboxylic acid groups (broad SMARTS) is 1. The fraction of sp³-hybridized carbons (Fsp3) is 0.500. The molecule has 0 radical (unpaired) electrons. The highest BCUT2D eigenvalue weighted by molar-refractivity contribution is 5.66. The van der Waals surface area contributed by atoms with Crippen molar-refractivity contribution in [2.75, 3.05) is 32.6 Å². The van der Waals surface area contributed by atoms with E-state index in [1.165, 1.54) is 11.3 Å². The van der Waals surface area contributed by atoms with E-state index >= 15 is 0 Å². The van der Waals surface area contributed by atoms with E-state index in [1.54, 1.807) is 0 Å². The molecule has 0 unspecified atom stereocenters. The average Bonchev–Trinajstić information content (AvgIpc) is 2.28. The minimum Gasteiger partial charge on any atom is -0.481 e. The Morgan fingerprint density at radius 3 is 2.61 bits per heavy atom. The van der Waals surface area contributed by atoms with E-state index in [0.29, 0.717) is 6.42 Å². The molecule has 100 valence electrons. The summed E-state index contributed by atoms with van der Waals surface area (Å²) in [4.78, 5) is 14.7. The molecule has 4 nitrogen and oxygen atoms in total. The number of nitrogens with zero attached hydrogens (tertiary/aromatic N) is 2. The standard InChI is InChI=1S/C14H22N2O2/c1-15(2)13-7-4-6-12(10-13)11-16(3)9-5-8-14(17)18/h4,6-7,10H,5,8-9,11H2,1-3H3,(H,17,18). The van der Waals surface area contributed by atoms with Crippen LogP contribution in [0.3, 0.4) is 0 Å². The Labute approximate surface area is 109 Å². The molecule has 1 aromatic carbocycles. The third-order valence-corrected chi connectivity index (χ3v) is 2.81. The van der Waals surface area contributed by atoms with Crippen molar-refractivity contribution in [3.63, 3.8) is 0 Å². The second kappa shape index (κ2) is 7.01. The predicted molar refractivity (Wildman–Crippen MR) is 74.0 cm³/mol. The first-order valence-corrected chi connectivity index (χ1v) is 6.15. The second-order valence-corrected chi connectivity index (χ2v) is 4.80. The summed E-state index contributed by atoms with van der Waals surface area (Å²) in [6.07, 6.45) is 0.932. The fourth-order valence-electron chi connectivity index (χ4n) is 1.82. The van der Waals surface area contributed by atoms with E-state index in [9.17, 15) is 4.79 Å². The van der Waals surface area contributed by atoms with Gasteiger partial charge in [-0.05, 0) is 37.7 Å². The van der Waals surface area contributed by atoms with Crippen LogP contribution in [-0.2, 0) is 11.3 Å². The number of rotatable bonds is 7. The molecular formula is C14H22N2O2. The number of anilines is 1. The van der Waals surface area contributed by atoms with Crippen LogP contribution < -0.4 is 4.90 Å². The van der Waals surface area contributed by atoms with E-state index in [0.717, 1.165) is 13.1 Å². The first-order chi connectivity index (χ1) is 8.49. The Hall–Kier alpha value is -1.55. The summed E-state index contributed by atoms with van der Waals surface area (Å²) in [5, 5.41) is 8.59. The predicted octanol–water partition coefficient (Wildman–Crippen LogP) is 2.05. The van der Waals surface area contributed by atoms with Crippen molar-refractivity contribution in [3.8, 4) is 0 Å². The second-order valence-electron chi connectivity index (χ2n) is 4.80. The van der Waals surface area contributed by atoms with Gasteiger partial charge in [0, 0.05) is 32.7 Å². The highest BCUT2D eigenvalue weighted by atomic mass is 16.4. The summed E-state index contributed by atoms with van der Waals surface area (Å²) >= 11 is 0. The molecule has 0 aromatic heterocycles. The zero-order chi connectivity index (χ0) is 13.5. The molecule has 4 heteroatoms. The molecular weight excluding hydrogens is 228 g/mol. The first kappa shape index (κ1) is 14.5.